The first-order valence-electron chi connectivity index (χ1n) is 12.6. The third-order valence-electron chi connectivity index (χ3n) is 5.94. The molecule has 0 heterocycles. The second-order valence-corrected chi connectivity index (χ2v) is 8.80. The maximum Gasteiger partial charge on any atom is 0.217 e. The van der Waals surface area contributed by atoms with E-state index in [0.717, 1.165) is 18.5 Å². The average Bonchev–Trinajstić information content (AvgIpc) is 2.76. The van der Waals surface area contributed by atoms with Crippen molar-refractivity contribution in [3.8, 4) is 5.75 Å². The first-order chi connectivity index (χ1) is 14.8. The number of nitrogens with one attached hydrogen (secondary N) is 1. The molecule has 0 saturated heterocycles. The number of aromatic hydroxyl groups is 1. The van der Waals surface area contributed by atoms with Crippen molar-refractivity contribution in [2.24, 2.45) is 0 Å². The van der Waals surface area contributed by atoms with Crippen molar-refractivity contribution in [2.75, 3.05) is 6.54 Å². The highest BCUT2D eigenvalue weighted by atomic mass is 16.3. The summed E-state index contributed by atoms with van der Waals surface area (Å²) in [6, 6.07) is 6.77. The summed E-state index contributed by atoms with van der Waals surface area (Å²) in [5.74, 6) is 0.256. The summed E-state index contributed by atoms with van der Waals surface area (Å²) in [5, 5.41) is 12.6. The standard InChI is InChI=1S/C27H46NO2/c1-2-3-4-5-6-7-8-9-10-11-12-13-14-15-16-17-22-28-26(24-29)23-25-18-20-27(30)21-19-25/h18-21,26,28,30H,2-17,22-23H2,1H3/t26-/m0/s1. The molecule has 0 saturated carbocycles. The Morgan fingerprint density at radius 1 is 0.733 bits per heavy atom. The average molecular weight is 417 g/mol. The highest BCUT2D eigenvalue weighted by Crippen LogP contribution is 2.14. The molecule has 1 atom stereocenters. The Morgan fingerprint density at radius 2 is 1.17 bits per heavy atom. The number of phenols is 1. The second-order valence-electron chi connectivity index (χ2n) is 8.80. The minimum Gasteiger partial charge on any atom is -0.508 e. The lowest BCUT2D eigenvalue weighted by molar-refractivity contribution is 0.474. The van der Waals surface area contributed by atoms with E-state index in [-0.39, 0.29) is 11.8 Å². The smallest absolute Gasteiger partial charge is 0.217 e. The molecule has 3 nitrogen and oxygen atoms in total. The molecule has 0 aromatic heterocycles. The van der Waals surface area contributed by atoms with Crippen LogP contribution in [0, 0.1) is 0 Å². The van der Waals surface area contributed by atoms with Crippen LogP contribution < -0.4 is 5.32 Å². The highest BCUT2D eigenvalue weighted by molar-refractivity contribution is 5.59. The lowest BCUT2D eigenvalue weighted by atomic mass is 10.0. The second kappa shape index (κ2) is 19.6. The van der Waals surface area contributed by atoms with E-state index in [2.05, 4.69) is 18.5 Å². The molecule has 0 aliphatic heterocycles. The maximum absolute atomic E-state index is 11.1. The van der Waals surface area contributed by atoms with Gasteiger partial charge in [0.25, 0.3) is 0 Å². The van der Waals surface area contributed by atoms with E-state index in [1.165, 1.54) is 96.3 Å². The zero-order valence-electron chi connectivity index (χ0n) is 19.5. The van der Waals surface area contributed by atoms with Crippen LogP contribution in [0.2, 0.25) is 0 Å². The summed E-state index contributed by atoms with van der Waals surface area (Å²) in [7, 11) is 0. The van der Waals surface area contributed by atoms with Crippen molar-refractivity contribution < 1.29 is 9.90 Å². The molecule has 0 fully saturated rings. The Bertz CT molecular complexity index is 500. The van der Waals surface area contributed by atoms with Crippen LogP contribution in [0.1, 0.15) is 115 Å². The van der Waals surface area contributed by atoms with Crippen molar-refractivity contribution in [1.29, 1.82) is 0 Å². The van der Waals surface area contributed by atoms with Crippen molar-refractivity contribution >= 4 is 6.29 Å². The number of benzene rings is 1. The molecular formula is C27H46NO2. The number of carbonyl (C=O) groups excluding carboxylic acids is 1. The molecule has 1 rings (SSSR count). The number of hydrogen-bond acceptors (Lipinski definition) is 3. The van der Waals surface area contributed by atoms with E-state index in [4.69, 9.17) is 0 Å². The summed E-state index contributed by atoms with van der Waals surface area (Å²) in [5.41, 5.74) is 1.04. The first-order valence-corrected chi connectivity index (χ1v) is 12.6. The van der Waals surface area contributed by atoms with Gasteiger partial charge in [-0.05, 0) is 37.1 Å². The van der Waals surface area contributed by atoms with Gasteiger partial charge >= 0.3 is 0 Å². The van der Waals surface area contributed by atoms with Gasteiger partial charge in [0, 0.05) is 0 Å². The van der Waals surface area contributed by atoms with E-state index in [1.54, 1.807) is 12.1 Å². The number of hydrogen-bond donors (Lipinski definition) is 2. The number of unbranched alkanes of at least 4 members (excludes halogenated alkanes) is 15. The van der Waals surface area contributed by atoms with Crippen LogP contribution in [0.4, 0.5) is 0 Å². The molecule has 0 spiro atoms. The van der Waals surface area contributed by atoms with Crippen LogP contribution in [0.15, 0.2) is 24.3 Å². The van der Waals surface area contributed by atoms with Crippen molar-refractivity contribution in [3.63, 3.8) is 0 Å². The predicted molar refractivity (Wildman–Crippen MR) is 129 cm³/mol. The first kappa shape index (κ1) is 26.7. The largest absolute Gasteiger partial charge is 0.508 e. The predicted octanol–water partition coefficient (Wildman–Crippen LogP) is 7.26. The van der Waals surface area contributed by atoms with Crippen molar-refractivity contribution in [2.45, 2.75) is 122 Å². The Labute approximate surface area is 186 Å². The van der Waals surface area contributed by atoms with Gasteiger partial charge in [0.2, 0.25) is 6.29 Å². The fraction of sp³-hybridized carbons (Fsp3) is 0.741. The zero-order chi connectivity index (χ0) is 21.7. The number of rotatable bonds is 21. The monoisotopic (exact) mass is 416 g/mol. The third-order valence-corrected chi connectivity index (χ3v) is 5.94. The summed E-state index contributed by atoms with van der Waals surface area (Å²) >= 11 is 0. The Balaban J connectivity index is 1.83. The topological polar surface area (TPSA) is 49.3 Å². The minimum atomic E-state index is -0.258. The van der Waals surface area contributed by atoms with E-state index in [0.29, 0.717) is 6.42 Å². The molecule has 0 aliphatic rings. The van der Waals surface area contributed by atoms with Gasteiger partial charge in [-0.2, -0.15) is 0 Å². The highest BCUT2D eigenvalue weighted by Gasteiger charge is 2.08. The number of phenolic OH excluding ortho intramolecular Hbond substituents is 1. The molecular weight excluding hydrogens is 370 g/mol. The molecule has 3 heteroatoms. The Kier molecular flexibility index (Phi) is 17.4. The molecule has 30 heavy (non-hydrogen) atoms. The van der Waals surface area contributed by atoms with Crippen LogP contribution >= 0.6 is 0 Å². The van der Waals surface area contributed by atoms with Gasteiger partial charge in [0.15, 0.2) is 0 Å². The molecule has 1 aromatic carbocycles. The lowest BCUT2D eigenvalue weighted by Gasteiger charge is -2.12. The Hall–Kier alpha value is -1.35. The summed E-state index contributed by atoms with van der Waals surface area (Å²) in [4.78, 5) is 11.1. The molecule has 0 unspecified atom stereocenters. The summed E-state index contributed by atoms with van der Waals surface area (Å²) in [6.45, 7) is 3.15. The fourth-order valence-corrected chi connectivity index (χ4v) is 3.97. The van der Waals surface area contributed by atoms with Gasteiger partial charge in [0.1, 0.15) is 5.75 Å². The van der Waals surface area contributed by atoms with Gasteiger partial charge in [-0.1, -0.05) is 115 Å². The van der Waals surface area contributed by atoms with Gasteiger partial charge < -0.3 is 10.4 Å². The quantitative estimate of drug-likeness (QED) is 0.207. The van der Waals surface area contributed by atoms with E-state index >= 15 is 0 Å². The third kappa shape index (κ3) is 15.5. The minimum absolute atomic E-state index is 0.256. The van der Waals surface area contributed by atoms with E-state index in [9.17, 15) is 9.90 Å². The molecule has 171 valence electrons. The normalized spacial score (nSPS) is 12.2. The molecule has 1 radical (unpaired) electrons. The molecule has 1 aromatic rings. The van der Waals surface area contributed by atoms with Crippen LogP contribution in [0.5, 0.6) is 5.75 Å². The summed E-state index contributed by atoms with van der Waals surface area (Å²) in [6.07, 6.45) is 24.7. The van der Waals surface area contributed by atoms with Crippen molar-refractivity contribution in [1.82, 2.24) is 5.32 Å². The van der Waals surface area contributed by atoms with Crippen molar-refractivity contribution in [3.05, 3.63) is 29.8 Å². The van der Waals surface area contributed by atoms with Gasteiger partial charge in [-0.3, -0.25) is 4.79 Å². The molecule has 2 N–H and O–H groups in total. The van der Waals surface area contributed by atoms with Crippen LogP contribution in [0.25, 0.3) is 0 Å². The molecule has 0 bridgehead atoms. The maximum atomic E-state index is 11.1. The SMILES string of the molecule is CCCCCCCCCCCCCCCCCCN[C@H]([C]=O)Cc1ccc(O)cc1. The molecule has 0 amide bonds. The van der Waals surface area contributed by atoms with Gasteiger partial charge in [-0.25, -0.2) is 0 Å². The summed E-state index contributed by atoms with van der Waals surface area (Å²) < 4.78 is 0. The van der Waals surface area contributed by atoms with Gasteiger partial charge in [-0.15, -0.1) is 0 Å². The van der Waals surface area contributed by atoms with Gasteiger partial charge in [0.05, 0.1) is 6.04 Å². The fourth-order valence-electron chi connectivity index (χ4n) is 3.97. The zero-order valence-corrected chi connectivity index (χ0v) is 19.5. The van der Waals surface area contributed by atoms with Crippen LogP contribution in [0.3, 0.4) is 0 Å². The van der Waals surface area contributed by atoms with Crippen LogP contribution in [-0.2, 0) is 11.2 Å². The van der Waals surface area contributed by atoms with Crippen LogP contribution in [-0.4, -0.2) is 24.0 Å². The lowest BCUT2D eigenvalue weighted by Crippen LogP contribution is -2.33. The van der Waals surface area contributed by atoms with E-state index < -0.39 is 0 Å². The van der Waals surface area contributed by atoms with E-state index in [1.807, 2.05) is 12.1 Å². The Morgan fingerprint density at radius 3 is 1.60 bits per heavy atom. The molecule has 0 aliphatic carbocycles.